The van der Waals surface area contributed by atoms with Gasteiger partial charge in [-0.2, -0.15) is 0 Å². The monoisotopic (exact) mass is 660 g/mol. The Labute approximate surface area is 272 Å². The number of methoxy groups -OCH3 is 2. The number of carbonyl (C=O) groups is 1. The van der Waals surface area contributed by atoms with E-state index in [4.69, 9.17) is 46.8 Å². The first-order valence-electron chi connectivity index (χ1n) is 13.9. The van der Waals surface area contributed by atoms with Crippen molar-refractivity contribution in [2.45, 2.75) is 13.0 Å². The van der Waals surface area contributed by atoms with E-state index in [1.54, 1.807) is 68.6 Å². The third kappa shape index (κ3) is 5.82. The molecule has 11 heteroatoms. The zero-order valence-corrected chi connectivity index (χ0v) is 26.7. The van der Waals surface area contributed by atoms with Gasteiger partial charge in [-0.05, 0) is 55.0 Å². The van der Waals surface area contributed by atoms with Gasteiger partial charge in [-0.3, -0.25) is 9.36 Å². The van der Waals surface area contributed by atoms with Crippen LogP contribution in [0, 0.1) is 0 Å². The maximum atomic E-state index is 14.2. The molecule has 0 amide bonds. The molecule has 0 radical (unpaired) electrons. The van der Waals surface area contributed by atoms with E-state index in [1.165, 1.54) is 23.0 Å². The lowest BCUT2D eigenvalue weighted by Gasteiger charge is -2.26. The molecule has 3 heterocycles. The Kier molecular flexibility index (Phi) is 8.67. The van der Waals surface area contributed by atoms with E-state index in [9.17, 15) is 9.59 Å². The summed E-state index contributed by atoms with van der Waals surface area (Å²) in [5.41, 5.74) is 2.28. The first kappa shape index (κ1) is 30.5. The van der Waals surface area contributed by atoms with Crippen molar-refractivity contribution in [1.29, 1.82) is 0 Å². The average Bonchev–Trinajstić information content (AvgIpc) is 3.64. The minimum absolute atomic E-state index is 0.145. The van der Waals surface area contributed by atoms with Gasteiger partial charge in [0.1, 0.15) is 11.5 Å². The van der Waals surface area contributed by atoms with Gasteiger partial charge >= 0.3 is 5.97 Å². The molecule has 1 aliphatic rings. The van der Waals surface area contributed by atoms with Gasteiger partial charge in [-0.1, -0.05) is 70.9 Å². The number of furan rings is 1. The van der Waals surface area contributed by atoms with E-state index in [0.717, 1.165) is 0 Å². The molecule has 3 aromatic carbocycles. The number of fused-ring (bicyclic) bond motifs is 1. The number of esters is 1. The van der Waals surface area contributed by atoms with E-state index in [1.807, 2.05) is 30.3 Å². The van der Waals surface area contributed by atoms with Gasteiger partial charge < -0.3 is 18.6 Å². The summed E-state index contributed by atoms with van der Waals surface area (Å²) < 4.78 is 24.5. The minimum Gasteiger partial charge on any atom is -0.493 e. The topological polar surface area (TPSA) is 92.3 Å². The standard InChI is InChI=1S/C34H26Cl2N2O6S/c1-4-43-33(40)29-30(19-8-6-5-7-9-19)37-34-38(31(29)20-10-14-26(41-2)27(16-20)42-3)32(39)28(45-34)18-22-12-15-25(44-22)23-13-11-21(35)17-24(23)36/h5-18,31H,4H2,1-3H3/b28-18-/t31-/m1/s1. The normalized spacial score (nSPS) is 14.6. The first-order chi connectivity index (χ1) is 21.8. The number of thiazole rings is 1. The third-order valence-electron chi connectivity index (χ3n) is 7.19. The summed E-state index contributed by atoms with van der Waals surface area (Å²) in [6, 6.07) is 22.4. The summed E-state index contributed by atoms with van der Waals surface area (Å²) in [4.78, 5) is 33.2. The van der Waals surface area contributed by atoms with E-state index >= 15 is 0 Å². The van der Waals surface area contributed by atoms with E-state index in [2.05, 4.69) is 0 Å². The van der Waals surface area contributed by atoms with Crippen molar-refractivity contribution in [2.75, 3.05) is 20.8 Å². The van der Waals surface area contributed by atoms with Gasteiger partial charge in [0.25, 0.3) is 5.56 Å². The van der Waals surface area contributed by atoms with Crippen molar-refractivity contribution in [2.24, 2.45) is 4.99 Å². The molecule has 0 bridgehead atoms. The van der Waals surface area contributed by atoms with Crippen LogP contribution in [0.5, 0.6) is 11.5 Å². The van der Waals surface area contributed by atoms with Crippen LogP contribution in [-0.2, 0) is 9.53 Å². The Bertz CT molecular complexity index is 2130. The molecule has 0 saturated heterocycles. The number of hydrogen-bond acceptors (Lipinski definition) is 8. The molecule has 228 valence electrons. The fourth-order valence-electron chi connectivity index (χ4n) is 5.17. The molecule has 1 aliphatic heterocycles. The molecular formula is C34H26Cl2N2O6S. The predicted octanol–water partition coefficient (Wildman–Crippen LogP) is 6.52. The van der Waals surface area contributed by atoms with Crippen LogP contribution in [0.25, 0.3) is 23.1 Å². The summed E-state index contributed by atoms with van der Waals surface area (Å²) in [7, 11) is 3.07. The highest BCUT2D eigenvalue weighted by Crippen LogP contribution is 2.38. The minimum atomic E-state index is -0.877. The SMILES string of the molecule is CCOC(=O)C1=C(c2ccccc2)N=c2s/c(=C\c3ccc(-c4ccc(Cl)cc4Cl)o3)c(=O)n2[C@@H]1c1ccc(OC)c(OC)c1. The van der Waals surface area contributed by atoms with Crippen molar-refractivity contribution in [3.63, 3.8) is 0 Å². The Balaban J connectivity index is 1.58. The van der Waals surface area contributed by atoms with E-state index < -0.39 is 12.0 Å². The molecule has 2 aromatic heterocycles. The lowest BCUT2D eigenvalue weighted by Crippen LogP contribution is -2.40. The summed E-state index contributed by atoms with van der Waals surface area (Å²) in [6.45, 7) is 1.88. The van der Waals surface area contributed by atoms with Crippen LogP contribution in [-0.4, -0.2) is 31.4 Å². The van der Waals surface area contributed by atoms with Crippen molar-refractivity contribution in [1.82, 2.24) is 4.57 Å². The van der Waals surface area contributed by atoms with Gasteiger partial charge in [-0.15, -0.1) is 0 Å². The van der Waals surface area contributed by atoms with Gasteiger partial charge in [0.2, 0.25) is 0 Å². The number of nitrogens with zero attached hydrogens (tertiary/aromatic N) is 2. The summed E-state index contributed by atoms with van der Waals surface area (Å²) >= 11 is 13.6. The van der Waals surface area contributed by atoms with Crippen LogP contribution in [0.1, 0.15) is 29.9 Å². The highest BCUT2D eigenvalue weighted by molar-refractivity contribution is 7.07. The average molecular weight is 662 g/mol. The molecule has 0 unspecified atom stereocenters. The molecule has 45 heavy (non-hydrogen) atoms. The Hall–Kier alpha value is -4.57. The Morgan fingerprint density at radius 2 is 1.78 bits per heavy atom. The molecule has 8 nitrogen and oxygen atoms in total. The number of benzene rings is 3. The molecule has 5 aromatic rings. The highest BCUT2D eigenvalue weighted by Gasteiger charge is 2.35. The summed E-state index contributed by atoms with van der Waals surface area (Å²) in [5, 5.41) is 0.954. The maximum absolute atomic E-state index is 14.2. The molecule has 0 saturated carbocycles. The van der Waals surface area contributed by atoms with Crippen LogP contribution >= 0.6 is 34.5 Å². The lowest BCUT2D eigenvalue weighted by molar-refractivity contribution is -0.138. The number of halogens is 2. The zero-order valence-electron chi connectivity index (χ0n) is 24.4. The Morgan fingerprint density at radius 3 is 2.49 bits per heavy atom. The second-order valence-electron chi connectivity index (χ2n) is 9.87. The molecule has 6 rings (SSSR count). The molecular weight excluding hydrogens is 635 g/mol. The van der Waals surface area contributed by atoms with Crippen molar-refractivity contribution < 1.29 is 23.4 Å². The smallest absolute Gasteiger partial charge is 0.338 e. The fraction of sp³-hybridized carbons (Fsp3) is 0.147. The number of hydrogen-bond donors (Lipinski definition) is 0. The first-order valence-corrected chi connectivity index (χ1v) is 15.5. The fourth-order valence-corrected chi connectivity index (χ4v) is 6.66. The Morgan fingerprint density at radius 1 is 1.00 bits per heavy atom. The lowest BCUT2D eigenvalue weighted by atomic mass is 9.93. The number of carbonyl (C=O) groups excluding carboxylic acids is 1. The predicted molar refractivity (Wildman–Crippen MR) is 175 cm³/mol. The molecule has 1 atom stereocenters. The van der Waals surface area contributed by atoms with Crippen LogP contribution in [0.15, 0.2) is 98.6 Å². The van der Waals surface area contributed by atoms with Gasteiger partial charge in [-0.25, -0.2) is 9.79 Å². The van der Waals surface area contributed by atoms with Crippen LogP contribution in [0.4, 0.5) is 0 Å². The van der Waals surface area contributed by atoms with Gasteiger partial charge in [0.15, 0.2) is 16.3 Å². The highest BCUT2D eigenvalue weighted by atomic mass is 35.5. The molecule has 0 aliphatic carbocycles. The second-order valence-corrected chi connectivity index (χ2v) is 11.7. The number of aromatic nitrogens is 1. The van der Waals surface area contributed by atoms with Crippen LogP contribution in [0.2, 0.25) is 10.0 Å². The van der Waals surface area contributed by atoms with Gasteiger partial charge in [0, 0.05) is 22.2 Å². The number of rotatable bonds is 8. The number of ether oxygens (including phenoxy) is 3. The zero-order chi connectivity index (χ0) is 31.7. The summed E-state index contributed by atoms with van der Waals surface area (Å²) in [5.74, 6) is 1.34. The second kappa shape index (κ2) is 12.8. The van der Waals surface area contributed by atoms with Crippen LogP contribution in [0.3, 0.4) is 0 Å². The third-order valence-corrected chi connectivity index (χ3v) is 8.72. The summed E-state index contributed by atoms with van der Waals surface area (Å²) in [6.07, 6.45) is 1.65. The maximum Gasteiger partial charge on any atom is 0.338 e. The van der Waals surface area contributed by atoms with Gasteiger partial charge in [0.05, 0.1) is 47.7 Å². The van der Waals surface area contributed by atoms with E-state index in [-0.39, 0.29) is 17.7 Å². The van der Waals surface area contributed by atoms with Crippen molar-refractivity contribution in [3.05, 3.63) is 131 Å². The largest absolute Gasteiger partial charge is 0.493 e. The van der Waals surface area contributed by atoms with Crippen molar-refractivity contribution in [3.8, 4) is 22.8 Å². The van der Waals surface area contributed by atoms with Crippen molar-refractivity contribution >= 4 is 52.3 Å². The van der Waals surface area contributed by atoms with Crippen LogP contribution < -0.4 is 24.4 Å². The quantitative estimate of drug-likeness (QED) is 0.176. The molecule has 0 spiro atoms. The molecule has 0 fully saturated rings. The van der Waals surface area contributed by atoms with E-state index in [0.29, 0.717) is 64.8 Å². The molecule has 0 N–H and O–H groups in total.